The first-order valence-electron chi connectivity index (χ1n) is 8.31. The molecule has 3 rings (SSSR count). The highest BCUT2D eigenvalue weighted by atomic mass is 16.3. The third-order valence-corrected chi connectivity index (χ3v) is 3.97. The summed E-state index contributed by atoms with van der Waals surface area (Å²) < 4.78 is 0. The fourth-order valence-electron chi connectivity index (χ4n) is 2.58. The summed E-state index contributed by atoms with van der Waals surface area (Å²) in [5.74, 6) is 0.452. The van der Waals surface area contributed by atoms with Crippen LogP contribution < -0.4 is 0 Å². The molecule has 26 heavy (non-hydrogen) atoms. The Hall–Kier alpha value is -3.40. The van der Waals surface area contributed by atoms with Crippen molar-refractivity contribution in [1.29, 1.82) is 0 Å². The summed E-state index contributed by atoms with van der Waals surface area (Å²) >= 11 is 0. The van der Waals surface area contributed by atoms with Gasteiger partial charge < -0.3 is 10.2 Å². The van der Waals surface area contributed by atoms with E-state index in [1.54, 1.807) is 36.4 Å². The van der Waals surface area contributed by atoms with E-state index in [2.05, 4.69) is 9.98 Å². The van der Waals surface area contributed by atoms with Crippen LogP contribution in [0.1, 0.15) is 25.0 Å². The van der Waals surface area contributed by atoms with Gasteiger partial charge >= 0.3 is 0 Å². The minimum Gasteiger partial charge on any atom is -0.508 e. The molecule has 0 aliphatic heterocycles. The molecule has 0 saturated carbocycles. The summed E-state index contributed by atoms with van der Waals surface area (Å²) in [6.45, 7) is 3.82. The van der Waals surface area contributed by atoms with Gasteiger partial charge in [0.05, 0.1) is 11.4 Å². The minimum atomic E-state index is 0.226. The number of nitrogens with zero attached hydrogens (tertiary/aromatic N) is 2. The van der Waals surface area contributed by atoms with Gasteiger partial charge in [0, 0.05) is 11.4 Å². The van der Waals surface area contributed by atoms with E-state index in [9.17, 15) is 10.2 Å². The summed E-state index contributed by atoms with van der Waals surface area (Å²) in [5, 5.41) is 19.1. The number of rotatable bonds is 4. The lowest BCUT2D eigenvalue weighted by molar-refractivity contribution is 0.474. The standard InChI is InChI=1S/C22H20N2O2/c1-15(17-5-3-7-21(25)13-17)23-19-9-11-20(12-10-19)24-16(2)18-6-4-8-22(26)14-18/h3-14,25-26H,1-2H3. The van der Waals surface area contributed by atoms with Gasteiger partial charge in [-0.1, -0.05) is 24.3 Å². The second-order valence-electron chi connectivity index (χ2n) is 6.01. The lowest BCUT2D eigenvalue weighted by Gasteiger charge is -2.04. The first kappa shape index (κ1) is 17.4. The normalized spacial score (nSPS) is 12.2. The summed E-state index contributed by atoms with van der Waals surface area (Å²) in [6.07, 6.45) is 0. The van der Waals surface area contributed by atoms with E-state index in [0.29, 0.717) is 0 Å². The van der Waals surface area contributed by atoms with Gasteiger partial charge in [-0.3, -0.25) is 9.98 Å². The van der Waals surface area contributed by atoms with Crippen molar-refractivity contribution >= 4 is 22.8 Å². The van der Waals surface area contributed by atoms with Crippen LogP contribution in [0.15, 0.2) is 82.8 Å². The quantitative estimate of drug-likeness (QED) is 0.624. The summed E-state index contributed by atoms with van der Waals surface area (Å²) in [4.78, 5) is 9.17. The molecule has 130 valence electrons. The van der Waals surface area contributed by atoms with Gasteiger partial charge in [-0.2, -0.15) is 0 Å². The fraction of sp³-hybridized carbons (Fsp3) is 0.0909. The molecule has 0 unspecified atom stereocenters. The van der Waals surface area contributed by atoms with Crippen LogP contribution in [0, 0.1) is 0 Å². The molecule has 0 radical (unpaired) electrons. The number of hydrogen-bond donors (Lipinski definition) is 2. The average molecular weight is 344 g/mol. The molecule has 0 aliphatic rings. The minimum absolute atomic E-state index is 0.226. The molecule has 3 aromatic rings. The SMILES string of the molecule is CC(=Nc1ccc(N=C(C)c2cccc(O)c2)cc1)c1cccc(O)c1. The zero-order valence-corrected chi connectivity index (χ0v) is 14.7. The van der Waals surface area contributed by atoms with E-state index in [1.807, 2.05) is 50.2 Å². The molecule has 3 aromatic carbocycles. The third-order valence-electron chi connectivity index (χ3n) is 3.97. The van der Waals surface area contributed by atoms with Crippen LogP contribution in [0.4, 0.5) is 11.4 Å². The Kier molecular flexibility index (Phi) is 5.13. The number of phenols is 2. The first-order chi connectivity index (χ1) is 12.5. The predicted octanol–water partition coefficient (Wildman–Crippen LogP) is 5.38. The van der Waals surface area contributed by atoms with Crippen molar-refractivity contribution in [2.24, 2.45) is 9.98 Å². The van der Waals surface area contributed by atoms with Crippen LogP contribution >= 0.6 is 0 Å². The van der Waals surface area contributed by atoms with E-state index in [0.717, 1.165) is 33.9 Å². The maximum atomic E-state index is 9.57. The molecule has 0 spiro atoms. The predicted molar refractivity (Wildman–Crippen MR) is 106 cm³/mol. The van der Waals surface area contributed by atoms with Gasteiger partial charge in [-0.15, -0.1) is 0 Å². The van der Waals surface area contributed by atoms with E-state index in [-0.39, 0.29) is 11.5 Å². The maximum absolute atomic E-state index is 9.57. The van der Waals surface area contributed by atoms with Crippen molar-refractivity contribution < 1.29 is 10.2 Å². The smallest absolute Gasteiger partial charge is 0.116 e. The topological polar surface area (TPSA) is 65.2 Å². The molecule has 4 nitrogen and oxygen atoms in total. The molecule has 4 heteroatoms. The van der Waals surface area contributed by atoms with Crippen LogP contribution in [-0.2, 0) is 0 Å². The van der Waals surface area contributed by atoms with Crippen molar-refractivity contribution in [3.8, 4) is 11.5 Å². The largest absolute Gasteiger partial charge is 0.508 e. The number of aromatic hydroxyl groups is 2. The van der Waals surface area contributed by atoms with Crippen molar-refractivity contribution in [3.05, 3.63) is 83.9 Å². The van der Waals surface area contributed by atoms with Gasteiger partial charge in [-0.25, -0.2) is 0 Å². The molecule has 0 aromatic heterocycles. The molecule has 0 fully saturated rings. The number of hydrogen-bond acceptors (Lipinski definition) is 4. The Morgan fingerprint density at radius 2 is 1.00 bits per heavy atom. The Morgan fingerprint density at radius 1 is 0.615 bits per heavy atom. The van der Waals surface area contributed by atoms with Crippen molar-refractivity contribution in [3.63, 3.8) is 0 Å². The Balaban J connectivity index is 1.80. The molecule has 0 atom stereocenters. The van der Waals surface area contributed by atoms with E-state index in [4.69, 9.17) is 0 Å². The number of aliphatic imine (C=N–C) groups is 2. The molecule has 2 N–H and O–H groups in total. The van der Waals surface area contributed by atoms with Gasteiger partial charge in [0.2, 0.25) is 0 Å². The van der Waals surface area contributed by atoms with Crippen LogP contribution in [0.25, 0.3) is 0 Å². The Bertz CT molecular complexity index is 893. The summed E-state index contributed by atoms with van der Waals surface area (Å²) in [5.41, 5.74) is 5.06. The molecular formula is C22H20N2O2. The lowest BCUT2D eigenvalue weighted by Crippen LogP contribution is -1.93. The molecule has 0 saturated heterocycles. The van der Waals surface area contributed by atoms with Gasteiger partial charge in [-0.05, 0) is 73.5 Å². The number of benzene rings is 3. The van der Waals surface area contributed by atoms with E-state index >= 15 is 0 Å². The second kappa shape index (κ2) is 7.66. The Morgan fingerprint density at radius 3 is 1.35 bits per heavy atom. The van der Waals surface area contributed by atoms with Gasteiger partial charge in [0.1, 0.15) is 11.5 Å². The highest BCUT2D eigenvalue weighted by Crippen LogP contribution is 2.22. The molecule has 0 bridgehead atoms. The highest BCUT2D eigenvalue weighted by molar-refractivity contribution is 6.01. The van der Waals surface area contributed by atoms with Gasteiger partial charge in [0.15, 0.2) is 0 Å². The van der Waals surface area contributed by atoms with Crippen molar-refractivity contribution in [2.75, 3.05) is 0 Å². The lowest BCUT2D eigenvalue weighted by atomic mass is 10.1. The van der Waals surface area contributed by atoms with Crippen LogP contribution in [-0.4, -0.2) is 21.6 Å². The highest BCUT2D eigenvalue weighted by Gasteiger charge is 2.01. The van der Waals surface area contributed by atoms with Crippen molar-refractivity contribution in [2.45, 2.75) is 13.8 Å². The molecule has 0 amide bonds. The van der Waals surface area contributed by atoms with Crippen LogP contribution in [0.5, 0.6) is 11.5 Å². The molecular weight excluding hydrogens is 324 g/mol. The molecule has 0 heterocycles. The second-order valence-corrected chi connectivity index (χ2v) is 6.01. The number of phenolic OH excluding ortho intramolecular Hbond substituents is 2. The van der Waals surface area contributed by atoms with Crippen molar-refractivity contribution in [1.82, 2.24) is 0 Å². The third kappa shape index (κ3) is 4.36. The maximum Gasteiger partial charge on any atom is 0.116 e. The summed E-state index contributed by atoms with van der Waals surface area (Å²) in [6, 6.07) is 21.7. The van der Waals surface area contributed by atoms with Crippen LogP contribution in [0.2, 0.25) is 0 Å². The van der Waals surface area contributed by atoms with E-state index in [1.165, 1.54) is 0 Å². The Labute approximate surface area is 152 Å². The molecule has 0 aliphatic carbocycles. The fourth-order valence-corrected chi connectivity index (χ4v) is 2.58. The average Bonchev–Trinajstić information content (AvgIpc) is 2.63. The summed E-state index contributed by atoms with van der Waals surface area (Å²) in [7, 11) is 0. The van der Waals surface area contributed by atoms with Crippen LogP contribution in [0.3, 0.4) is 0 Å². The zero-order chi connectivity index (χ0) is 18.5. The zero-order valence-electron chi connectivity index (χ0n) is 14.7. The monoisotopic (exact) mass is 344 g/mol. The van der Waals surface area contributed by atoms with Gasteiger partial charge in [0.25, 0.3) is 0 Å². The first-order valence-corrected chi connectivity index (χ1v) is 8.31. The van der Waals surface area contributed by atoms with E-state index < -0.39 is 0 Å².